The van der Waals surface area contributed by atoms with Gasteiger partial charge in [0.1, 0.15) is 5.58 Å². The van der Waals surface area contributed by atoms with Crippen LogP contribution >= 0.6 is 11.3 Å². The van der Waals surface area contributed by atoms with Crippen molar-refractivity contribution in [3.05, 3.63) is 158 Å². The Morgan fingerprint density at radius 2 is 1.13 bits per heavy atom. The van der Waals surface area contributed by atoms with E-state index in [1.54, 1.807) is 0 Å². The van der Waals surface area contributed by atoms with Gasteiger partial charge in [-0.05, 0) is 66.7 Å². The SMILES string of the molecule is c1ccc(-n2c3ccccc3c3cc(N(c4ccc5c(c4)sc4ccccc45)c4cccc5c4oc4ccccc45)ccc32)cc1. The number of thiophene rings is 1. The molecule has 0 atom stereocenters. The maximum Gasteiger partial charge on any atom is 0.159 e. The summed E-state index contributed by atoms with van der Waals surface area (Å²) in [6.45, 7) is 0. The first-order valence-corrected chi connectivity index (χ1v) is 16.3. The zero-order valence-electron chi connectivity index (χ0n) is 24.7. The van der Waals surface area contributed by atoms with Gasteiger partial charge in [-0.1, -0.05) is 91.0 Å². The predicted octanol–water partition coefficient (Wildman–Crippen LogP) is 12.5. The van der Waals surface area contributed by atoms with Crippen LogP contribution in [0.25, 0.3) is 69.6 Å². The van der Waals surface area contributed by atoms with Crippen molar-refractivity contribution >= 4 is 92.3 Å². The Morgan fingerprint density at radius 1 is 0.457 bits per heavy atom. The normalized spacial score (nSPS) is 11.9. The number of fused-ring (bicyclic) bond motifs is 9. The van der Waals surface area contributed by atoms with Crippen LogP contribution in [0.2, 0.25) is 0 Å². The summed E-state index contributed by atoms with van der Waals surface area (Å²) in [6.07, 6.45) is 0. The Kier molecular flexibility index (Phi) is 5.45. The molecule has 0 saturated carbocycles. The number of hydrogen-bond acceptors (Lipinski definition) is 3. The largest absolute Gasteiger partial charge is 0.454 e. The minimum absolute atomic E-state index is 0.881. The van der Waals surface area contributed by atoms with Gasteiger partial charge in [0.15, 0.2) is 5.58 Å². The fraction of sp³-hybridized carbons (Fsp3) is 0. The number of para-hydroxylation sites is 4. The molecule has 0 unspecified atom stereocenters. The van der Waals surface area contributed by atoms with Crippen LogP contribution in [0.3, 0.4) is 0 Å². The van der Waals surface area contributed by atoms with E-state index < -0.39 is 0 Å². The average molecular weight is 607 g/mol. The maximum absolute atomic E-state index is 6.62. The van der Waals surface area contributed by atoms with Crippen molar-refractivity contribution < 1.29 is 4.42 Å². The van der Waals surface area contributed by atoms with Crippen LogP contribution < -0.4 is 4.90 Å². The molecule has 0 spiro atoms. The number of furan rings is 1. The molecular weight excluding hydrogens is 581 g/mol. The van der Waals surface area contributed by atoms with Crippen LogP contribution in [-0.4, -0.2) is 4.57 Å². The summed E-state index contributed by atoms with van der Waals surface area (Å²) in [5.41, 5.74) is 8.49. The van der Waals surface area contributed by atoms with E-state index in [2.05, 4.69) is 161 Å². The van der Waals surface area contributed by atoms with Crippen molar-refractivity contribution in [3.63, 3.8) is 0 Å². The van der Waals surface area contributed by atoms with E-state index >= 15 is 0 Å². The third kappa shape index (κ3) is 3.71. The zero-order chi connectivity index (χ0) is 30.2. The Bertz CT molecular complexity index is 2770. The monoisotopic (exact) mass is 606 g/mol. The third-order valence-corrected chi connectivity index (χ3v) is 10.3. The van der Waals surface area contributed by atoms with Crippen molar-refractivity contribution in [1.29, 1.82) is 0 Å². The molecule has 0 aliphatic rings. The molecule has 0 N–H and O–H groups in total. The Morgan fingerprint density at radius 3 is 2.04 bits per heavy atom. The topological polar surface area (TPSA) is 21.3 Å². The summed E-state index contributed by atoms with van der Waals surface area (Å²) in [5.74, 6) is 0. The highest BCUT2D eigenvalue weighted by Crippen LogP contribution is 2.45. The van der Waals surface area contributed by atoms with E-state index in [0.717, 1.165) is 44.7 Å². The van der Waals surface area contributed by atoms with E-state index in [0.29, 0.717) is 0 Å². The van der Waals surface area contributed by atoms with Gasteiger partial charge >= 0.3 is 0 Å². The third-order valence-electron chi connectivity index (χ3n) is 9.17. The van der Waals surface area contributed by atoms with E-state index in [9.17, 15) is 0 Å². The summed E-state index contributed by atoms with van der Waals surface area (Å²) < 4.78 is 11.6. The molecular formula is C42H26N2OS. The summed E-state index contributed by atoms with van der Waals surface area (Å²) in [5, 5.41) is 7.26. The average Bonchev–Trinajstić information content (AvgIpc) is 3.78. The van der Waals surface area contributed by atoms with Crippen LogP contribution in [0.15, 0.2) is 162 Å². The molecule has 10 aromatic rings. The number of nitrogens with zero attached hydrogens (tertiary/aromatic N) is 2. The highest BCUT2D eigenvalue weighted by molar-refractivity contribution is 7.25. The highest BCUT2D eigenvalue weighted by atomic mass is 32.1. The van der Waals surface area contributed by atoms with Crippen molar-refractivity contribution in [2.24, 2.45) is 0 Å². The molecule has 0 aliphatic carbocycles. The number of rotatable bonds is 4. The first-order valence-electron chi connectivity index (χ1n) is 15.5. The van der Waals surface area contributed by atoms with Gasteiger partial charge in [0.05, 0.1) is 16.7 Å². The van der Waals surface area contributed by atoms with Gasteiger partial charge in [-0.2, -0.15) is 0 Å². The van der Waals surface area contributed by atoms with Gasteiger partial charge in [-0.15, -0.1) is 11.3 Å². The van der Waals surface area contributed by atoms with Crippen molar-refractivity contribution in [3.8, 4) is 5.69 Å². The number of benzene rings is 7. The molecule has 3 aromatic heterocycles. The van der Waals surface area contributed by atoms with Crippen LogP contribution in [-0.2, 0) is 0 Å². The summed E-state index contributed by atoms with van der Waals surface area (Å²) in [7, 11) is 0. The van der Waals surface area contributed by atoms with E-state index in [1.807, 2.05) is 17.4 Å². The molecule has 0 aliphatic heterocycles. The predicted molar refractivity (Wildman–Crippen MR) is 196 cm³/mol. The van der Waals surface area contributed by atoms with Gasteiger partial charge < -0.3 is 13.9 Å². The van der Waals surface area contributed by atoms with Gasteiger partial charge in [0.25, 0.3) is 0 Å². The molecule has 10 rings (SSSR count). The van der Waals surface area contributed by atoms with Crippen LogP contribution in [0.4, 0.5) is 17.1 Å². The molecule has 4 heteroatoms. The second kappa shape index (κ2) is 9.83. The van der Waals surface area contributed by atoms with Gasteiger partial charge in [-0.3, -0.25) is 0 Å². The summed E-state index contributed by atoms with van der Waals surface area (Å²) in [6, 6.07) is 56.5. The molecule has 0 saturated heterocycles. The second-order valence-corrected chi connectivity index (χ2v) is 12.8. The Hall–Kier alpha value is -5.84. The molecule has 3 nitrogen and oxygen atoms in total. The quantitative estimate of drug-likeness (QED) is 0.199. The smallest absolute Gasteiger partial charge is 0.159 e. The van der Waals surface area contributed by atoms with E-state index in [-0.39, 0.29) is 0 Å². The minimum Gasteiger partial charge on any atom is -0.454 e. The van der Waals surface area contributed by atoms with Gasteiger partial charge in [0, 0.05) is 58.8 Å². The van der Waals surface area contributed by atoms with Crippen LogP contribution in [0.1, 0.15) is 0 Å². The summed E-state index contributed by atoms with van der Waals surface area (Å²) in [4.78, 5) is 2.36. The lowest BCUT2D eigenvalue weighted by Gasteiger charge is -2.26. The molecule has 3 heterocycles. The summed E-state index contributed by atoms with van der Waals surface area (Å²) >= 11 is 1.84. The molecule has 0 radical (unpaired) electrons. The van der Waals surface area contributed by atoms with Gasteiger partial charge in [0.2, 0.25) is 0 Å². The molecule has 0 fully saturated rings. The minimum atomic E-state index is 0.881. The Balaban J connectivity index is 1.26. The number of anilines is 3. The lowest BCUT2D eigenvalue weighted by Crippen LogP contribution is -2.10. The standard InChI is InChI=1S/C42H26N2OS/c1-2-11-27(12-3-1)44-36-17-7-4-13-30(36)35-25-28(22-24-37(35)44)43(29-21-23-33-32-15-6-9-20-40(32)46-41(33)26-29)38-18-10-16-34-31-14-5-8-19-39(31)45-42(34)38/h1-26H. The van der Waals surface area contributed by atoms with Crippen LogP contribution in [0.5, 0.6) is 0 Å². The molecule has 216 valence electrons. The van der Waals surface area contributed by atoms with E-state index in [4.69, 9.17) is 4.42 Å². The van der Waals surface area contributed by atoms with Crippen molar-refractivity contribution in [2.45, 2.75) is 0 Å². The first kappa shape index (κ1) is 25.5. The molecule has 7 aromatic carbocycles. The van der Waals surface area contributed by atoms with E-state index in [1.165, 1.54) is 42.0 Å². The maximum atomic E-state index is 6.62. The fourth-order valence-corrected chi connectivity index (χ4v) is 8.28. The lowest BCUT2D eigenvalue weighted by molar-refractivity contribution is 0.669. The van der Waals surface area contributed by atoms with Gasteiger partial charge in [-0.25, -0.2) is 0 Å². The molecule has 46 heavy (non-hydrogen) atoms. The fourth-order valence-electron chi connectivity index (χ4n) is 7.14. The molecule has 0 amide bonds. The number of aromatic nitrogens is 1. The lowest BCUT2D eigenvalue weighted by atomic mass is 10.1. The number of hydrogen-bond donors (Lipinski definition) is 0. The molecule has 0 bridgehead atoms. The zero-order valence-corrected chi connectivity index (χ0v) is 25.5. The van der Waals surface area contributed by atoms with Crippen LogP contribution in [0, 0.1) is 0 Å². The Labute approximate surface area is 268 Å². The van der Waals surface area contributed by atoms with Crippen molar-refractivity contribution in [1.82, 2.24) is 4.57 Å². The highest BCUT2D eigenvalue weighted by Gasteiger charge is 2.22. The second-order valence-electron chi connectivity index (χ2n) is 11.8. The van der Waals surface area contributed by atoms with Crippen molar-refractivity contribution in [2.75, 3.05) is 4.90 Å². The first-order chi connectivity index (χ1) is 22.8.